The van der Waals surface area contributed by atoms with Crippen molar-refractivity contribution in [3.05, 3.63) is 29.5 Å². The quantitative estimate of drug-likeness (QED) is 0.604. The van der Waals surface area contributed by atoms with Crippen molar-refractivity contribution in [2.24, 2.45) is 0 Å². The maximum Gasteiger partial charge on any atom is 0.330 e. The van der Waals surface area contributed by atoms with E-state index >= 15 is 8.78 Å². The number of urea groups is 1. The Morgan fingerprint density at radius 2 is 1.67 bits per heavy atom. The fraction of sp³-hybridized carbons (Fsp3) is 0.560. The first-order valence-corrected chi connectivity index (χ1v) is 12.4. The lowest BCUT2D eigenvalue weighted by molar-refractivity contribution is 0.126. The predicted octanol–water partition coefficient (Wildman–Crippen LogP) is 4.38. The van der Waals surface area contributed by atoms with Gasteiger partial charge in [-0.2, -0.15) is 4.98 Å². The smallest absolute Gasteiger partial charge is 0.330 e. The number of carbonyl (C=O) groups is 1. The van der Waals surface area contributed by atoms with E-state index in [1.54, 1.807) is 11.1 Å². The number of ether oxygens (including phenoxy) is 2. The number of nitrogens with zero attached hydrogens (tertiary/aromatic N) is 4. The fourth-order valence-electron chi connectivity index (χ4n) is 5.42. The summed E-state index contributed by atoms with van der Waals surface area (Å²) >= 11 is 0. The number of anilines is 3. The van der Waals surface area contributed by atoms with Crippen LogP contribution in [0.1, 0.15) is 56.9 Å². The van der Waals surface area contributed by atoms with Gasteiger partial charge in [-0.15, -0.1) is 0 Å². The third-order valence-electron chi connectivity index (χ3n) is 7.38. The van der Waals surface area contributed by atoms with Crippen LogP contribution in [0, 0.1) is 11.6 Å². The van der Waals surface area contributed by atoms with E-state index < -0.39 is 23.4 Å². The average molecular weight is 504 g/mol. The molecule has 2 saturated carbocycles. The number of hydrogen-bond acceptors (Lipinski definition) is 7. The van der Waals surface area contributed by atoms with Gasteiger partial charge in [0.2, 0.25) is 5.95 Å². The molecule has 2 N–H and O–H groups in total. The first-order chi connectivity index (χ1) is 17.4. The Labute approximate surface area is 208 Å². The molecule has 5 rings (SSSR count). The maximum absolute atomic E-state index is 15.3. The van der Waals surface area contributed by atoms with E-state index in [0.717, 1.165) is 49.5 Å². The summed E-state index contributed by atoms with van der Waals surface area (Å²) in [6, 6.07) is 0.573. The van der Waals surface area contributed by atoms with Crippen LogP contribution in [0.5, 0.6) is 11.5 Å². The molecule has 9 nitrogen and oxygen atoms in total. The number of halogens is 2. The van der Waals surface area contributed by atoms with Crippen molar-refractivity contribution in [3.63, 3.8) is 0 Å². The van der Waals surface area contributed by atoms with Crippen molar-refractivity contribution in [3.8, 4) is 11.5 Å². The molecule has 36 heavy (non-hydrogen) atoms. The Morgan fingerprint density at radius 3 is 2.28 bits per heavy atom. The van der Waals surface area contributed by atoms with Crippen molar-refractivity contribution < 1.29 is 28.2 Å². The lowest BCUT2D eigenvalue weighted by Crippen LogP contribution is -2.52. The zero-order chi connectivity index (χ0) is 25.4. The Balaban J connectivity index is 1.53. The Hall–Kier alpha value is -3.21. The van der Waals surface area contributed by atoms with Gasteiger partial charge in [0.25, 0.3) is 0 Å². The molecule has 11 heteroatoms. The highest BCUT2D eigenvalue weighted by Gasteiger charge is 2.41. The van der Waals surface area contributed by atoms with Crippen LogP contribution < -0.4 is 24.6 Å². The van der Waals surface area contributed by atoms with Crippen molar-refractivity contribution in [2.75, 3.05) is 29.3 Å². The summed E-state index contributed by atoms with van der Waals surface area (Å²) in [7, 11) is 2.54. The van der Waals surface area contributed by atoms with E-state index in [4.69, 9.17) is 14.5 Å². The van der Waals surface area contributed by atoms with Gasteiger partial charge in [0.05, 0.1) is 26.9 Å². The Morgan fingerprint density at radius 1 is 1.03 bits per heavy atom. The van der Waals surface area contributed by atoms with Crippen LogP contribution in [0.2, 0.25) is 0 Å². The van der Waals surface area contributed by atoms with Gasteiger partial charge in [-0.05, 0) is 38.5 Å². The summed E-state index contributed by atoms with van der Waals surface area (Å²) in [4.78, 5) is 25.6. The van der Waals surface area contributed by atoms with E-state index in [1.165, 1.54) is 14.2 Å². The number of rotatable bonds is 6. The summed E-state index contributed by atoms with van der Waals surface area (Å²) in [6.07, 6.45) is 7.84. The molecule has 2 aliphatic carbocycles. The number of amides is 2. The standard InChI is InChI=1S/C25H31F2N5O4/c1-35-18-11-19(36-2)21(27)22(20(18)26)31-13-14-12-28-24(29-15-7-9-17(33)10-8-15)30-23(14)32(25(31)34)16-5-3-4-6-16/h11-12,15-17,33H,3-10,13H2,1-2H3,(H,28,29,30). The number of aliphatic hydroxyl groups is 1. The molecule has 0 atom stereocenters. The SMILES string of the molecule is COc1cc(OC)c(F)c(N2Cc3cnc(NC4CCC(O)CC4)nc3N(C3CCCC3)C2=O)c1F. The summed E-state index contributed by atoms with van der Waals surface area (Å²) in [5, 5.41) is 13.1. The van der Waals surface area contributed by atoms with Crippen LogP contribution in [0.15, 0.2) is 12.3 Å². The number of benzene rings is 1. The molecular formula is C25H31F2N5O4. The number of aliphatic hydroxyl groups excluding tert-OH is 1. The lowest BCUT2D eigenvalue weighted by atomic mass is 9.93. The van der Waals surface area contributed by atoms with Crippen LogP contribution in [-0.2, 0) is 6.54 Å². The largest absolute Gasteiger partial charge is 0.493 e. The van der Waals surface area contributed by atoms with E-state index in [2.05, 4.69) is 10.3 Å². The number of fused-ring (bicyclic) bond motifs is 1. The summed E-state index contributed by atoms with van der Waals surface area (Å²) in [5.41, 5.74) is 0.0690. The van der Waals surface area contributed by atoms with E-state index in [9.17, 15) is 9.90 Å². The molecule has 2 fully saturated rings. The van der Waals surface area contributed by atoms with Crippen molar-refractivity contribution >= 4 is 23.5 Å². The van der Waals surface area contributed by atoms with Gasteiger partial charge in [-0.1, -0.05) is 12.8 Å². The number of aromatic nitrogens is 2. The molecule has 1 aromatic carbocycles. The molecule has 0 spiro atoms. The zero-order valence-electron chi connectivity index (χ0n) is 20.5. The molecule has 1 aromatic heterocycles. The third-order valence-corrected chi connectivity index (χ3v) is 7.38. The first kappa shape index (κ1) is 24.5. The van der Waals surface area contributed by atoms with Gasteiger partial charge in [0.1, 0.15) is 11.5 Å². The monoisotopic (exact) mass is 503 g/mol. The Kier molecular flexibility index (Phi) is 6.83. The summed E-state index contributed by atoms with van der Waals surface area (Å²) in [6.45, 7) is -0.0998. The second kappa shape index (κ2) is 10.0. The molecule has 2 heterocycles. The lowest BCUT2D eigenvalue weighted by Gasteiger charge is -2.39. The number of carbonyl (C=O) groups excluding carboxylic acids is 1. The minimum Gasteiger partial charge on any atom is -0.493 e. The molecule has 1 aliphatic heterocycles. The van der Waals surface area contributed by atoms with Crippen molar-refractivity contribution in [2.45, 2.75) is 76.1 Å². The van der Waals surface area contributed by atoms with Gasteiger partial charge in [0, 0.05) is 29.9 Å². The molecule has 0 bridgehead atoms. The van der Waals surface area contributed by atoms with Crippen LogP contribution in [0.3, 0.4) is 0 Å². The first-order valence-electron chi connectivity index (χ1n) is 12.4. The molecule has 194 valence electrons. The summed E-state index contributed by atoms with van der Waals surface area (Å²) in [5.74, 6) is -1.52. The normalized spacial score (nSPS) is 22.5. The van der Waals surface area contributed by atoms with Gasteiger partial charge in [0.15, 0.2) is 23.1 Å². The fourth-order valence-corrected chi connectivity index (χ4v) is 5.42. The molecular weight excluding hydrogens is 472 g/mol. The van der Waals surface area contributed by atoms with E-state index in [-0.39, 0.29) is 36.2 Å². The number of methoxy groups -OCH3 is 2. The predicted molar refractivity (Wildman–Crippen MR) is 130 cm³/mol. The minimum absolute atomic E-state index is 0.0998. The van der Waals surface area contributed by atoms with Crippen LogP contribution in [0.25, 0.3) is 0 Å². The van der Waals surface area contributed by atoms with Crippen molar-refractivity contribution in [1.82, 2.24) is 9.97 Å². The third kappa shape index (κ3) is 4.40. The van der Waals surface area contributed by atoms with Crippen LogP contribution >= 0.6 is 0 Å². The second-order valence-corrected chi connectivity index (χ2v) is 9.63. The molecule has 2 aromatic rings. The molecule has 0 saturated heterocycles. The van der Waals surface area contributed by atoms with Gasteiger partial charge >= 0.3 is 6.03 Å². The van der Waals surface area contributed by atoms with Gasteiger partial charge < -0.3 is 19.9 Å². The summed E-state index contributed by atoms with van der Waals surface area (Å²) < 4.78 is 40.9. The highest BCUT2D eigenvalue weighted by Crippen LogP contribution is 2.42. The highest BCUT2D eigenvalue weighted by atomic mass is 19.1. The highest BCUT2D eigenvalue weighted by molar-refractivity contribution is 6.06. The topological polar surface area (TPSA) is 100 Å². The average Bonchev–Trinajstić information content (AvgIpc) is 3.40. The van der Waals surface area contributed by atoms with E-state index in [1.807, 2.05) is 0 Å². The van der Waals surface area contributed by atoms with Gasteiger partial charge in [-0.25, -0.2) is 18.6 Å². The van der Waals surface area contributed by atoms with Gasteiger partial charge in [-0.3, -0.25) is 9.80 Å². The van der Waals surface area contributed by atoms with Crippen LogP contribution in [0.4, 0.5) is 31.0 Å². The minimum atomic E-state index is -0.974. The Bertz CT molecular complexity index is 1110. The van der Waals surface area contributed by atoms with Crippen molar-refractivity contribution in [1.29, 1.82) is 0 Å². The molecule has 0 unspecified atom stereocenters. The number of hydrogen-bond donors (Lipinski definition) is 2. The second-order valence-electron chi connectivity index (χ2n) is 9.63. The molecule has 2 amide bonds. The number of nitrogens with one attached hydrogen (secondary N) is 1. The maximum atomic E-state index is 15.3. The zero-order valence-corrected chi connectivity index (χ0v) is 20.5. The van der Waals surface area contributed by atoms with Crippen LogP contribution in [-0.4, -0.2) is 53.5 Å². The van der Waals surface area contributed by atoms with E-state index in [0.29, 0.717) is 30.2 Å². The molecule has 3 aliphatic rings. The molecule has 0 radical (unpaired) electrons.